The molecule has 0 saturated heterocycles. The van der Waals surface area contributed by atoms with Crippen LogP contribution in [0.1, 0.15) is 23.8 Å². The molecule has 2 rings (SSSR count). The van der Waals surface area contributed by atoms with Gasteiger partial charge in [0.05, 0.1) is 11.6 Å². The highest BCUT2D eigenvalue weighted by Gasteiger charge is 2.10. The fraction of sp³-hybridized carbons (Fsp3) is 0.231. The lowest BCUT2D eigenvalue weighted by Crippen LogP contribution is -2.09. The van der Waals surface area contributed by atoms with Gasteiger partial charge < -0.3 is 0 Å². The summed E-state index contributed by atoms with van der Waals surface area (Å²) in [7, 11) is 0. The van der Waals surface area contributed by atoms with Crippen molar-refractivity contribution in [1.82, 2.24) is 4.57 Å². The van der Waals surface area contributed by atoms with E-state index in [9.17, 15) is 4.79 Å². The Kier molecular flexibility index (Phi) is 2.74. The van der Waals surface area contributed by atoms with Crippen molar-refractivity contribution < 1.29 is 4.79 Å². The molecule has 0 unspecified atom stereocenters. The highest BCUT2D eigenvalue weighted by atomic mass is 16.1. The summed E-state index contributed by atoms with van der Waals surface area (Å²) in [6, 6.07) is 11.8. The summed E-state index contributed by atoms with van der Waals surface area (Å²) >= 11 is 0. The summed E-state index contributed by atoms with van der Waals surface area (Å²) in [6.07, 6.45) is 1.05. The van der Waals surface area contributed by atoms with Crippen molar-refractivity contribution in [3.05, 3.63) is 36.0 Å². The molecule has 0 aliphatic heterocycles. The molecule has 3 heteroatoms. The molecule has 0 aliphatic carbocycles. The van der Waals surface area contributed by atoms with Crippen LogP contribution in [0.25, 0.3) is 10.9 Å². The fourth-order valence-electron chi connectivity index (χ4n) is 1.95. The number of carbonyl (C=O) groups is 1. The number of benzene rings is 1. The predicted molar refractivity (Wildman–Crippen MR) is 62.2 cm³/mol. The third-order valence-corrected chi connectivity index (χ3v) is 2.59. The van der Waals surface area contributed by atoms with Crippen molar-refractivity contribution in [2.75, 3.05) is 0 Å². The Balaban J connectivity index is 2.59. The van der Waals surface area contributed by atoms with Gasteiger partial charge in [-0.3, -0.25) is 9.36 Å². The number of nitriles is 1. The van der Waals surface area contributed by atoms with Gasteiger partial charge in [0, 0.05) is 30.8 Å². The van der Waals surface area contributed by atoms with E-state index in [4.69, 9.17) is 5.26 Å². The molecule has 1 aromatic carbocycles. The Hall–Kier alpha value is -2.08. The van der Waals surface area contributed by atoms with Crippen molar-refractivity contribution in [3.8, 4) is 6.07 Å². The van der Waals surface area contributed by atoms with Crippen LogP contribution in [0.4, 0.5) is 0 Å². The molecular weight excluding hydrogens is 200 g/mol. The molecule has 1 heterocycles. The molecule has 3 nitrogen and oxygen atoms in total. The number of nitrogens with zero attached hydrogens (tertiary/aromatic N) is 2. The zero-order valence-corrected chi connectivity index (χ0v) is 9.10. The predicted octanol–water partition coefficient (Wildman–Crippen LogP) is 2.76. The first-order valence-corrected chi connectivity index (χ1v) is 5.21. The summed E-state index contributed by atoms with van der Waals surface area (Å²) in [4.78, 5) is 11.6. The second-order valence-corrected chi connectivity index (χ2v) is 3.71. The van der Waals surface area contributed by atoms with Gasteiger partial charge in [-0.15, -0.1) is 0 Å². The lowest BCUT2D eigenvalue weighted by Gasteiger charge is -2.04. The van der Waals surface area contributed by atoms with Gasteiger partial charge in [-0.25, -0.2) is 0 Å². The van der Waals surface area contributed by atoms with Crippen molar-refractivity contribution >= 4 is 16.8 Å². The smallest absolute Gasteiger partial charge is 0.228 e. The van der Waals surface area contributed by atoms with Crippen LogP contribution in [-0.4, -0.2) is 10.5 Å². The van der Waals surface area contributed by atoms with Crippen LogP contribution in [0.5, 0.6) is 0 Å². The second kappa shape index (κ2) is 4.19. The summed E-state index contributed by atoms with van der Waals surface area (Å²) in [6.45, 7) is 1.54. The first-order valence-electron chi connectivity index (χ1n) is 5.21. The number of fused-ring (bicyclic) bond motifs is 1. The molecule has 0 bridgehead atoms. The second-order valence-electron chi connectivity index (χ2n) is 3.71. The molecule has 0 radical (unpaired) electrons. The van der Waals surface area contributed by atoms with E-state index in [2.05, 4.69) is 6.07 Å². The largest absolute Gasteiger partial charge is 0.284 e. The fourth-order valence-corrected chi connectivity index (χ4v) is 1.95. The molecule has 1 aromatic heterocycles. The van der Waals surface area contributed by atoms with Gasteiger partial charge in [0.1, 0.15) is 0 Å². The third-order valence-electron chi connectivity index (χ3n) is 2.59. The van der Waals surface area contributed by atoms with Crippen LogP contribution < -0.4 is 0 Å². The zero-order valence-electron chi connectivity index (χ0n) is 9.10. The van der Waals surface area contributed by atoms with E-state index in [0.29, 0.717) is 12.8 Å². The Labute approximate surface area is 93.9 Å². The highest BCUT2D eigenvalue weighted by molar-refractivity contribution is 5.92. The average Bonchev–Trinajstić information content (AvgIpc) is 2.64. The van der Waals surface area contributed by atoms with Crippen molar-refractivity contribution in [2.45, 2.75) is 19.8 Å². The molecule has 80 valence electrons. The Bertz CT molecular complexity index is 575. The van der Waals surface area contributed by atoms with Crippen LogP contribution in [-0.2, 0) is 6.42 Å². The third kappa shape index (κ3) is 1.70. The molecule has 0 N–H and O–H groups in total. The summed E-state index contributed by atoms with van der Waals surface area (Å²) in [5.74, 6) is -0.00543. The first-order chi connectivity index (χ1) is 7.74. The molecule has 16 heavy (non-hydrogen) atoms. The Morgan fingerprint density at radius 3 is 2.88 bits per heavy atom. The molecular formula is C13H12N2O. The molecule has 0 fully saturated rings. The first kappa shape index (κ1) is 10.4. The molecule has 0 atom stereocenters. The lowest BCUT2D eigenvalue weighted by atomic mass is 10.2. The van der Waals surface area contributed by atoms with Crippen LogP contribution in [0.2, 0.25) is 0 Å². The van der Waals surface area contributed by atoms with E-state index in [-0.39, 0.29) is 5.91 Å². The van der Waals surface area contributed by atoms with Gasteiger partial charge in [-0.05, 0) is 12.1 Å². The number of hydrogen-bond donors (Lipinski definition) is 0. The van der Waals surface area contributed by atoms with Gasteiger partial charge in [0.2, 0.25) is 5.91 Å². The maximum Gasteiger partial charge on any atom is 0.228 e. The van der Waals surface area contributed by atoms with Crippen LogP contribution in [0, 0.1) is 11.3 Å². The molecule has 0 spiro atoms. The van der Waals surface area contributed by atoms with Gasteiger partial charge in [0.15, 0.2) is 0 Å². The normalized spacial score (nSPS) is 10.2. The van der Waals surface area contributed by atoms with Gasteiger partial charge in [0.25, 0.3) is 0 Å². The number of rotatable bonds is 2. The number of carbonyl (C=O) groups excluding carboxylic acids is 1. The van der Waals surface area contributed by atoms with E-state index in [1.165, 1.54) is 0 Å². The minimum Gasteiger partial charge on any atom is -0.284 e. The monoisotopic (exact) mass is 212 g/mol. The standard InChI is InChI=1S/C13H12N2O/c1-10(16)15-12(6-4-8-14)9-11-5-2-3-7-13(11)15/h2-3,5,7,9H,4,6H2,1H3. The Morgan fingerprint density at radius 2 is 2.19 bits per heavy atom. The highest BCUT2D eigenvalue weighted by Crippen LogP contribution is 2.20. The van der Waals surface area contributed by atoms with Gasteiger partial charge in [-0.1, -0.05) is 18.2 Å². The zero-order chi connectivity index (χ0) is 11.5. The van der Waals surface area contributed by atoms with E-state index in [1.807, 2.05) is 30.3 Å². The topological polar surface area (TPSA) is 45.8 Å². The van der Waals surface area contributed by atoms with Crippen LogP contribution >= 0.6 is 0 Å². The van der Waals surface area contributed by atoms with Gasteiger partial charge >= 0.3 is 0 Å². The maximum atomic E-state index is 11.6. The summed E-state index contributed by atoms with van der Waals surface area (Å²) in [5.41, 5.74) is 1.83. The van der Waals surface area contributed by atoms with Crippen molar-refractivity contribution in [3.63, 3.8) is 0 Å². The number of hydrogen-bond acceptors (Lipinski definition) is 2. The molecule has 2 aromatic rings. The lowest BCUT2D eigenvalue weighted by molar-refractivity contribution is 0.0939. The molecule has 0 saturated carbocycles. The van der Waals surface area contributed by atoms with E-state index >= 15 is 0 Å². The molecule has 0 aliphatic rings. The summed E-state index contributed by atoms with van der Waals surface area (Å²) < 4.78 is 1.69. The number of aryl methyl sites for hydroxylation is 1. The quantitative estimate of drug-likeness (QED) is 0.768. The molecule has 0 amide bonds. The van der Waals surface area contributed by atoms with Gasteiger partial charge in [-0.2, -0.15) is 5.26 Å². The number of aromatic nitrogens is 1. The summed E-state index contributed by atoms with van der Waals surface area (Å²) in [5, 5.41) is 9.63. The van der Waals surface area contributed by atoms with Crippen molar-refractivity contribution in [1.29, 1.82) is 5.26 Å². The van der Waals surface area contributed by atoms with E-state index in [1.54, 1.807) is 11.5 Å². The minimum atomic E-state index is -0.00543. The Morgan fingerprint density at radius 1 is 1.44 bits per heavy atom. The SMILES string of the molecule is CC(=O)n1c(CCC#N)cc2ccccc21. The number of para-hydroxylation sites is 1. The van der Waals surface area contributed by atoms with Crippen molar-refractivity contribution in [2.24, 2.45) is 0 Å². The average molecular weight is 212 g/mol. The van der Waals surface area contributed by atoms with Crippen LogP contribution in [0.15, 0.2) is 30.3 Å². The minimum absolute atomic E-state index is 0.00543. The van der Waals surface area contributed by atoms with Crippen LogP contribution in [0.3, 0.4) is 0 Å². The van der Waals surface area contributed by atoms with E-state index < -0.39 is 0 Å². The maximum absolute atomic E-state index is 11.6. The van der Waals surface area contributed by atoms with E-state index in [0.717, 1.165) is 16.6 Å².